The Balaban J connectivity index is 1.94. The molecule has 1 heterocycles. The first-order chi connectivity index (χ1) is 13.1. The van der Waals surface area contributed by atoms with E-state index in [1.54, 1.807) is 13.0 Å². The monoisotopic (exact) mass is 400 g/mol. The molecule has 28 heavy (non-hydrogen) atoms. The van der Waals surface area contributed by atoms with E-state index in [9.17, 15) is 18.0 Å². The highest BCUT2D eigenvalue weighted by atomic mass is 32.2. The molecule has 1 aromatic heterocycles. The standard InChI is InChI=1S/C21H20O6S/c1-12-6-8-17-15(9-19(22)27-20(17)14(12)3)11-26-21(23)18-10-16(28(4,24)25)7-5-13(18)2/h5-10H,11H2,1-4H3. The normalized spacial score (nSPS) is 11.6. The van der Waals surface area contributed by atoms with Crippen LogP contribution < -0.4 is 5.63 Å². The van der Waals surface area contributed by atoms with E-state index >= 15 is 0 Å². The van der Waals surface area contributed by atoms with Crippen molar-refractivity contribution in [1.82, 2.24) is 0 Å². The molecule has 0 atom stereocenters. The molecule has 0 fully saturated rings. The Morgan fingerprint density at radius 2 is 1.71 bits per heavy atom. The molecule has 2 aromatic carbocycles. The molecule has 0 bridgehead atoms. The quantitative estimate of drug-likeness (QED) is 0.492. The van der Waals surface area contributed by atoms with Gasteiger partial charge < -0.3 is 9.15 Å². The molecule has 0 saturated carbocycles. The maximum atomic E-state index is 12.5. The van der Waals surface area contributed by atoms with Gasteiger partial charge in [0.2, 0.25) is 0 Å². The fourth-order valence-corrected chi connectivity index (χ4v) is 3.56. The van der Waals surface area contributed by atoms with Crippen LogP contribution in [0.25, 0.3) is 11.0 Å². The summed E-state index contributed by atoms with van der Waals surface area (Å²) < 4.78 is 34.2. The summed E-state index contributed by atoms with van der Waals surface area (Å²) in [6.07, 6.45) is 1.08. The lowest BCUT2D eigenvalue weighted by Gasteiger charge is -2.11. The molecule has 7 heteroatoms. The van der Waals surface area contributed by atoms with Gasteiger partial charge in [0.1, 0.15) is 12.2 Å². The second-order valence-corrected chi connectivity index (χ2v) is 8.82. The van der Waals surface area contributed by atoms with E-state index in [0.29, 0.717) is 22.1 Å². The maximum absolute atomic E-state index is 12.5. The van der Waals surface area contributed by atoms with Crippen LogP contribution in [0.15, 0.2) is 50.5 Å². The first kappa shape index (κ1) is 19.8. The summed E-state index contributed by atoms with van der Waals surface area (Å²) in [5.41, 5.74) is 3.07. The van der Waals surface area contributed by atoms with Crippen molar-refractivity contribution in [3.8, 4) is 0 Å². The molecule has 0 saturated heterocycles. The van der Waals surface area contributed by atoms with E-state index < -0.39 is 21.4 Å². The van der Waals surface area contributed by atoms with Gasteiger partial charge in [-0.2, -0.15) is 0 Å². The van der Waals surface area contributed by atoms with Crippen LogP contribution in [0.5, 0.6) is 0 Å². The zero-order chi connectivity index (χ0) is 20.6. The lowest BCUT2D eigenvalue weighted by atomic mass is 10.0. The van der Waals surface area contributed by atoms with Crippen molar-refractivity contribution in [2.45, 2.75) is 32.3 Å². The molecule has 0 aliphatic heterocycles. The van der Waals surface area contributed by atoms with Crippen molar-refractivity contribution in [3.05, 3.63) is 74.6 Å². The van der Waals surface area contributed by atoms with Crippen LogP contribution >= 0.6 is 0 Å². The largest absolute Gasteiger partial charge is 0.457 e. The number of sulfone groups is 1. The summed E-state index contributed by atoms with van der Waals surface area (Å²) in [4.78, 5) is 24.5. The van der Waals surface area contributed by atoms with Crippen molar-refractivity contribution in [2.75, 3.05) is 6.26 Å². The first-order valence-electron chi connectivity index (χ1n) is 8.58. The van der Waals surface area contributed by atoms with Crippen LogP contribution in [0.3, 0.4) is 0 Å². The average molecular weight is 400 g/mol. The van der Waals surface area contributed by atoms with E-state index in [2.05, 4.69) is 0 Å². The van der Waals surface area contributed by atoms with Crippen LogP contribution in [-0.4, -0.2) is 20.6 Å². The Bertz CT molecular complexity index is 1250. The second-order valence-electron chi connectivity index (χ2n) is 6.80. The number of esters is 1. The number of aryl methyl sites for hydroxylation is 3. The number of ether oxygens (including phenoxy) is 1. The third kappa shape index (κ3) is 3.84. The molecule has 6 nitrogen and oxygen atoms in total. The minimum Gasteiger partial charge on any atom is -0.457 e. The molecule has 0 N–H and O–H groups in total. The third-order valence-electron chi connectivity index (χ3n) is 4.73. The van der Waals surface area contributed by atoms with Gasteiger partial charge in [-0.15, -0.1) is 0 Å². The number of benzene rings is 2. The summed E-state index contributed by atoms with van der Waals surface area (Å²) in [5.74, 6) is -0.659. The van der Waals surface area contributed by atoms with Crippen LogP contribution in [0, 0.1) is 20.8 Å². The van der Waals surface area contributed by atoms with E-state index in [0.717, 1.165) is 17.4 Å². The minimum absolute atomic E-state index is 0.0435. The maximum Gasteiger partial charge on any atom is 0.338 e. The average Bonchev–Trinajstić information content (AvgIpc) is 2.62. The lowest BCUT2D eigenvalue weighted by Crippen LogP contribution is -2.10. The van der Waals surface area contributed by atoms with Crippen molar-refractivity contribution in [3.63, 3.8) is 0 Å². The second kappa shape index (κ2) is 7.24. The molecule has 0 aliphatic rings. The predicted octanol–water partition coefficient (Wildman–Crippen LogP) is 3.48. The molecular weight excluding hydrogens is 380 g/mol. The Morgan fingerprint density at radius 1 is 1.04 bits per heavy atom. The van der Waals surface area contributed by atoms with Gasteiger partial charge in [0, 0.05) is 23.3 Å². The number of carbonyl (C=O) groups is 1. The number of hydrogen-bond acceptors (Lipinski definition) is 6. The molecule has 0 aliphatic carbocycles. The Kier molecular flexibility index (Phi) is 5.12. The van der Waals surface area contributed by atoms with Gasteiger partial charge in [0.15, 0.2) is 9.84 Å². The fourth-order valence-electron chi connectivity index (χ4n) is 2.92. The molecule has 0 amide bonds. The molecule has 3 rings (SSSR count). The van der Waals surface area contributed by atoms with Gasteiger partial charge in [-0.1, -0.05) is 18.2 Å². The number of carbonyl (C=O) groups excluding carboxylic acids is 1. The summed E-state index contributed by atoms with van der Waals surface area (Å²) in [6, 6.07) is 9.33. The van der Waals surface area contributed by atoms with E-state index in [4.69, 9.17) is 9.15 Å². The van der Waals surface area contributed by atoms with Gasteiger partial charge in [0.25, 0.3) is 0 Å². The molecule has 146 valence electrons. The molecular formula is C21H20O6S. The van der Waals surface area contributed by atoms with E-state index in [1.165, 1.54) is 18.2 Å². The van der Waals surface area contributed by atoms with Crippen LogP contribution in [0.2, 0.25) is 0 Å². The fraction of sp³-hybridized carbons (Fsp3) is 0.238. The first-order valence-corrected chi connectivity index (χ1v) is 10.5. The van der Waals surface area contributed by atoms with Gasteiger partial charge in [-0.3, -0.25) is 0 Å². The lowest BCUT2D eigenvalue weighted by molar-refractivity contribution is 0.0472. The van der Waals surface area contributed by atoms with Crippen molar-refractivity contribution in [2.24, 2.45) is 0 Å². The van der Waals surface area contributed by atoms with Crippen LogP contribution in [-0.2, 0) is 21.2 Å². The SMILES string of the molecule is Cc1ccc(S(C)(=O)=O)cc1C(=O)OCc1cc(=O)oc2c(C)c(C)ccc12. The Labute approximate surface area is 162 Å². The Hall–Kier alpha value is -2.93. The molecule has 0 spiro atoms. The highest BCUT2D eigenvalue weighted by Crippen LogP contribution is 2.24. The minimum atomic E-state index is -3.45. The molecule has 0 unspecified atom stereocenters. The number of hydrogen-bond donors (Lipinski definition) is 0. The van der Waals surface area contributed by atoms with Crippen molar-refractivity contribution >= 4 is 26.8 Å². The zero-order valence-corrected chi connectivity index (χ0v) is 16.8. The van der Waals surface area contributed by atoms with Gasteiger partial charge >= 0.3 is 11.6 Å². The van der Waals surface area contributed by atoms with Crippen molar-refractivity contribution < 1.29 is 22.4 Å². The highest BCUT2D eigenvalue weighted by molar-refractivity contribution is 7.90. The summed E-state index contributed by atoms with van der Waals surface area (Å²) in [5, 5.41) is 0.692. The number of rotatable bonds is 4. The molecule has 3 aromatic rings. The summed E-state index contributed by atoms with van der Waals surface area (Å²) in [6.45, 7) is 5.34. The van der Waals surface area contributed by atoms with Crippen molar-refractivity contribution in [1.29, 1.82) is 0 Å². The van der Waals surface area contributed by atoms with Gasteiger partial charge in [-0.25, -0.2) is 18.0 Å². The van der Waals surface area contributed by atoms with Gasteiger partial charge in [-0.05, 0) is 49.6 Å². The van der Waals surface area contributed by atoms with Gasteiger partial charge in [0.05, 0.1) is 10.5 Å². The zero-order valence-electron chi connectivity index (χ0n) is 16.0. The Morgan fingerprint density at radius 3 is 2.39 bits per heavy atom. The summed E-state index contributed by atoms with van der Waals surface area (Å²) in [7, 11) is -3.45. The van der Waals surface area contributed by atoms with Crippen LogP contribution in [0.1, 0.15) is 32.6 Å². The summed E-state index contributed by atoms with van der Waals surface area (Å²) >= 11 is 0. The predicted molar refractivity (Wildman–Crippen MR) is 105 cm³/mol. The van der Waals surface area contributed by atoms with E-state index in [1.807, 2.05) is 26.0 Å². The smallest absolute Gasteiger partial charge is 0.338 e. The number of fused-ring (bicyclic) bond motifs is 1. The molecule has 0 radical (unpaired) electrons. The topological polar surface area (TPSA) is 90.6 Å². The van der Waals surface area contributed by atoms with E-state index in [-0.39, 0.29) is 17.1 Å². The third-order valence-corrected chi connectivity index (χ3v) is 5.84. The highest BCUT2D eigenvalue weighted by Gasteiger charge is 2.17. The van der Waals surface area contributed by atoms with Crippen LogP contribution in [0.4, 0.5) is 0 Å².